The average molecular weight is 447 g/mol. The van der Waals surface area contributed by atoms with Gasteiger partial charge in [0.15, 0.2) is 5.78 Å². The van der Waals surface area contributed by atoms with E-state index in [0.29, 0.717) is 21.7 Å². The second-order valence-corrected chi connectivity index (χ2v) is 10.8. The lowest BCUT2D eigenvalue weighted by molar-refractivity contribution is -0.132. The van der Waals surface area contributed by atoms with Crippen molar-refractivity contribution < 1.29 is 9.59 Å². The quantitative estimate of drug-likeness (QED) is 0.627. The van der Waals surface area contributed by atoms with Crippen molar-refractivity contribution >= 4 is 46.5 Å². The molecule has 0 aromatic carbocycles. The van der Waals surface area contributed by atoms with Gasteiger partial charge < -0.3 is 4.90 Å². The Kier molecular flexibility index (Phi) is 7.14. The number of thiazole rings is 1. The Morgan fingerprint density at radius 1 is 1.30 bits per heavy atom. The van der Waals surface area contributed by atoms with Crippen molar-refractivity contribution in [2.75, 3.05) is 13.1 Å². The van der Waals surface area contributed by atoms with E-state index in [4.69, 9.17) is 0 Å². The van der Waals surface area contributed by atoms with Gasteiger partial charge in [0, 0.05) is 24.6 Å². The third-order valence-corrected chi connectivity index (χ3v) is 6.85. The minimum absolute atomic E-state index is 0.0250. The highest BCUT2D eigenvalue weighted by atomic mass is 32.1. The Labute approximate surface area is 185 Å². The van der Waals surface area contributed by atoms with Gasteiger partial charge in [-0.3, -0.25) is 19.0 Å². The van der Waals surface area contributed by atoms with E-state index in [1.54, 1.807) is 11.3 Å². The molecule has 0 aliphatic heterocycles. The van der Waals surface area contributed by atoms with Gasteiger partial charge in [0.1, 0.15) is 11.2 Å². The Balaban J connectivity index is 2.01. The average Bonchev–Trinajstić information content (AvgIpc) is 3.26. The van der Waals surface area contributed by atoms with E-state index in [1.165, 1.54) is 34.8 Å². The van der Waals surface area contributed by atoms with E-state index < -0.39 is 5.41 Å². The van der Waals surface area contributed by atoms with Crippen LogP contribution < -0.4 is 14.8 Å². The van der Waals surface area contributed by atoms with Gasteiger partial charge in [-0.1, -0.05) is 27.7 Å². The van der Waals surface area contributed by atoms with Crippen molar-refractivity contribution in [2.45, 2.75) is 53.5 Å². The molecule has 0 unspecified atom stereocenters. The number of nitrogens with zero attached hydrogens (tertiary/aromatic N) is 2. The molecular formula is C23H30N2O3S2. The summed E-state index contributed by atoms with van der Waals surface area (Å²) in [5.74, 6) is 0.481. The maximum Gasteiger partial charge on any atom is 0.269 e. The largest absolute Gasteiger partial charge is 0.341 e. The number of hydrogen-bond acceptors (Lipinski definition) is 5. The van der Waals surface area contributed by atoms with Crippen LogP contribution in [0.5, 0.6) is 0 Å². The molecular weight excluding hydrogens is 416 g/mol. The second-order valence-electron chi connectivity index (χ2n) is 8.94. The number of carbonyl (C=O) groups excluding carboxylic acids is 2. The molecule has 1 saturated carbocycles. The highest BCUT2D eigenvalue weighted by Gasteiger charge is 2.27. The van der Waals surface area contributed by atoms with Crippen molar-refractivity contribution in [2.24, 2.45) is 11.3 Å². The summed E-state index contributed by atoms with van der Waals surface area (Å²) in [5.41, 5.74) is 0.189. The zero-order valence-electron chi connectivity index (χ0n) is 18.1. The first kappa shape index (κ1) is 22.7. The molecule has 5 nitrogen and oxygen atoms in total. The molecule has 2 aromatic heterocycles. The zero-order valence-corrected chi connectivity index (χ0v) is 19.8. The van der Waals surface area contributed by atoms with E-state index >= 15 is 0 Å². The lowest BCUT2D eigenvalue weighted by Gasteiger charge is -2.22. The second kappa shape index (κ2) is 9.43. The number of aromatic nitrogens is 1. The predicted octanol–water partition coefficient (Wildman–Crippen LogP) is 2.84. The number of amides is 1. The lowest BCUT2D eigenvalue weighted by Crippen LogP contribution is -2.41. The molecule has 3 rings (SSSR count). The van der Waals surface area contributed by atoms with Crippen LogP contribution in [-0.4, -0.2) is 34.2 Å². The van der Waals surface area contributed by atoms with Gasteiger partial charge in [0.05, 0.1) is 4.53 Å². The summed E-state index contributed by atoms with van der Waals surface area (Å²) in [6.07, 6.45) is 6.58. The molecule has 0 atom stereocenters. The maximum absolute atomic E-state index is 13.1. The SMILES string of the molecule is CCCN(CC1CC1)C(=O)Cn1c(=O)/c(=C/c2ccsc2)s/c1=C\C(=O)C(C)(C)C. The van der Waals surface area contributed by atoms with Crippen LogP contribution in [0.3, 0.4) is 0 Å². The summed E-state index contributed by atoms with van der Waals surface area (Å²) in [4.78, 5) is 40.7. The van der Waals surface area contributed by atoms with Crippen molar-refractivity contribution in [3.05, 3.63) is 41.9 Å². The molecule has 0 N–H and O–H groups in total. The van der Waals surface area contributed by atoms with Crippen molar-refractivity contribution in [3.8, 4) is 0 Å². The Hall–Kier alpha value is -1.99. The molecule has 0 radical (unpaired) electrons. The van der Waals surface area contributed by atoms with Crippen LogP contribution in [-0.2, 0) is 16.1 Å². The summed E-state index contributed by atoms with van der Waals surface area (Å²) in [5, 5.41) is 3.93. The minimum Gasteiger partial charge on any atom is -0.341 e. The maximum atomic E-state index is 13.1. The van der Waals surface area contributed by atoms with Crippen molar-refractivity contribution in [1.29, 1.82) is 0 Å². The molecule has 1 aliphatic carbocycles. The van der Waals surface area contributed by atoms with Crippen LogP contribution in [0.15, 0.2) is 21.6 Å². The van der Waals surface area contributed by atoms with Crippen molar-refractivity contribution in [3.63, 3.8) is 0 Å². The Morgan fingerprint density at radius 2 is 2.03 bits per heavy atom. The summed E-state index contributed by atoms with van der Waals surface area (Å²) in [6.45, 7) is 9.04. The van der Waals surface area contributed by atoms with E-state index in [1.807, 2.05) is 48.6 Å². The summed E-state index contributed by atoms with van der Waals surface area (Å²) < 4.78 is 2.56. The van der Waals surface area contributed by atoms with Gasteiger partial charge >= 0.3 is 0 Å². The highest BCUT2D eigenvalue weighted by molar-refractivity contribution is 7.08. The van der Waals surface area contributed by atoms with E-state index in [0.717, 1.165) is 18.5 Å². The third-order valence-electron chi connectivity index (χ3n) is 5.09. The first-order chi connectivity index (χ1) is 14.2. The number of rotatable bonds is 8. The standard InChI is InChI=1S/C23H30N2O3S2/c1-5-9-24(13-16-6-7-16)20(27)14-25-21(12-19(26)23(2,3)4)30-18(22(25)28)11-17-8-10-29-15-17/h8,10-12,15-16H,5-7,9,13-14H2,1-4H3/b18-11-,21-12-. The van der Waals surface area contributed by atoms with Gasteiger partial charge in [-0.2, -0.15) is 11.3 Å². The highest BCUT2D eigenvalue weighted by Crippen LogP contribution is 2.29. The monoisotopic (exact) mass is 446 g/mol. The fourth-order valence-electron chi connectivity index (χ4n) is 3.07. The van der Waals surface area contributed by atoms with Gasteiger partial charge in [-0.05, 0) is 53.6 Å². The molecule has 0 saturated heterocycles. The zero-order chi connectivity index (χ0) is 21.9. The molecule has 162 valence electrons. The van der Waals surface area contributed by atoms with Crippen LogP contribution in [0.1, 0.15) is 52.5 Å². The summed E-state index contributed by atoms with van der Waals surface area (Å²) in [7, 11) is 0. The first-order valence-electron chi connectivity index (χ1n) is 10.5. The Bertz CT molecular complexity index is 1070. The lowest BCUT2D eigenvalue weighted by atomic mass is 9.91. The molecule has 1 aliphatic rings. The number of carbonyl (C=O) groups is 2. The molecule has 1 amide bonds. The summed E-state index contributed by atoms with van der Waals surface area (Å²) >= 11 is 2.84. The predicted molar refractivity (Wildman–Crippen MR) is 124 cm³/mol. The van der Waals surface area contributed by atoms with E-state index in [2.05, 4.69) is 6.92 Å². The van der Waals surface area contributed by atoms with Gasteiger partial charge in [-0.15, -0.1) is 11.3 Å². The van der Waals surface area contributed by atoms with Crippen LogP contribution in [0.2, 0.25) is 0 Å². The fraction of sp³-hybridized carbons (Fsp3) is 0.522. The molecule has 30 heavy (non-hydrogen) atoms. The molecule has 7 heteroatoms. The molecule has 2 heterocycles. The van der Waals surface area contributed by atoms with Crippen molar-refractivity contribution in [1.82, 2.24) is 9.47 Å². The van der Waals surface area contributed by atoms with Crippen LogP contribution in [0.25, 0.3) is 12.2 Å². The smallest absolute Gasteiger partial charge is 0.269 e. The topological polar surface area (TPSA) is 59.4 Å². The number of thiophene rings is 1. The number of ketones is 1. The normalized spacial score (nSPS) is 15.6. The molecule has 0 spiro atoms. The molecule has 0 bridgehead atoms. The van der Waals surface area contributed by atoms with Crippen LogP contribution in [0, 0.1) is 11.3 Å². The van der Waals surface area contributed by atoms with Gasteiger partial charge in [0.25, 0.3) is 5.56 Å². The van der Waals surface area contributed by atoms with Crippen LogP contribution in [0.4, 0.5) is 0 Å². The van der Waals surface area contributed by atoms with E-state index in [-0.39, 0.29) is 23.8 Å². The number of Topliss-reactive ketones (excluding diaryl/α,β-unsaturated/α-hetero) is 1. The fourth-order valence-corrected chi connectivity index (χ4v) is 4.72. The molecule has 2 aromatic rings. The molecule has 1 fully saturated rings. The minimum atomic E-state index is -0.549. The van der Waals surface area contributed by atoms with Gasteiger partial charge in [-0.25, -0.2) is 0 Å². The van der Waals surface area contributed by atoms with Gasteiger partial charge in [0.2, 0.25) is 5.91 Å². The summed E-state index contributed by atoms with van der Waals surface area (Å²) in [6, 6.07) is 1.95. The third kappa shape index (κ3) is 5.79. The Morgan fingerprint density at radius 3 is 2.60 bits per heavy atom. The first-order valence-corrected chi connectivity index (χ1v) is 12.2. The van der Waals surface area contributed by atoms with E-state index in [9.17, 15) is 14.4 Å². The van der Waals surface area contributed by atoms with Crippen LogP contribution >= 0.6 is 22.7 Å². The number of hydrogen-bond donors (Lipinski definition) is 0.